The van der Waals surface area contributed by atoms with Gasteiger partial charge in [0.25, 0.3) is 0 Å². The molecule has 2 nitrogen and oxygen atoms in total. The van der Waals surface area contributed by atoms with Gasteiger partial charge in [0.05, 0.1) is 5.69 Å². The Morgan fingerprint density at radius 1 is 0.882 bits per heavy atom. The van der Waals surface area contributed by atoms with Crippen LogP contribution in [0.1, 0.15) is 5.69 Å². The van der Waals surface area contributed by atoms with E-state index in [0.29, 0.717) is 4.68 Å². The van der Waals surface area contributed by atoms with E-state index in [0.717, 1.165) is 6.20 Å². The third-order valence-electron chi connectivity index (χ3n) is 2.06. The molecule has 0 spiro atoms. The fraction of sp³-hybridized carbons (Fsp3) is 0. The summed E-state index contributed by atoms with van der Waals surface area (Å²) in [6.07, 6.45) is 1.04. The molecule has 0 bridgehead atoms. The van der Waals surface area contributed by atoms with E-state index in [1.54, 1.807) is 0 Å². The molecule has 17 heavy (non-hydrogen) atoms. The van der Waals surface area contributed by atoms with E-state index in [9.17, 15) is 22.0 Å². The second kappa shape index (κ2) is 3.83. The van der Waals surface area contributed by atoms with E-state index in [2.05, 4.69) is 12.0 Å². The van der Waals surface area contributed by atoms with Gasteiger partial charge in [-0.1, -0.05) is 0 Å². The second-order valence-corrected chi connectivity index (χ2v) is 3.17. The van der Waals surface area contributed by atoms with Crippen molar-refractivity contribution in [3.8, 4) is 5.69 Å². The van der Waals surface area contributed by atoms with Crippen LogP contribution in [0.4, 0.5) is 22.0 Å². The predicted octanol–water partition coefficient (Wildman–Crippen LogP) is 2.75. The summed E-state index contributed by atoms with van der Waals surface area (Å²) in [5, 5.41) is 3.48. The van der Waals surface area contributed by atoms with Crippen LogP contribution in [0.25, 0.3) is 5.69 Å². The van der Waals surface area contributed by atoms with E-state index in [-0.39, 0.29) is 5.69 Å². The van der Waals surface area contributed by atoms with Gasteiger partial charge in [0, 0.05) is 6.20 Å². The van der Waals surface area contributed by atoms with Crippen LogP contribution in [0, 0.1) is 36.0 Å². The molecule has 7 heteroatoms. The molecule has 89 valence electrons. The minimum absolute atomic E-state index is 0.133. The van der Waals surface area contributed by atoms with E-state index in [1.165, 1.54) is 6.07 Å². The van der Waals surface area contributed by atoms with Crippen molar-refractivity contribution in [2.45, 2.75) is 0 Å². The van der Waals surface area contributed by atoms with Gasteiger partial charge in [-0.2, -0.15) is 5.10 Å². The van der Waals surface area contributed by atoms with Gasteiger partial charge in [0.15, 0.2) is 23.3 Å². The third-order valence-corrected chi connectivity index (χ3v) is 2.06. The molecular formula is C10H4F5N2. The smallest absolute Gasteiger partial charge is 0.200 e. The molecule has 0 fully saturated rings. The number of nitrogens with zero attached hydrogens (tertiary/aromatic N) is 2. The minimum atomic E-state index is -2.20. The number of rotatable bonds is 1. The Kier molecular flexibility index (Phi) is 2.60. The molecule has 2 rings (SSSR count). The Labute approximate surface area is 92.3 Å². The van der Waals surface area contributed by atoms with E-state index < -0.39 is 34.8 Å². The molecule has 0 N–H and O–H groups in total. The van der Waals surface area contributed by atoms with Crippen LogP contribution < -0.4 is 0 Å². The molecule has 0 amide bonds. The zero-order valence-electron chi connectivity index (χ0n) is 8.15. The number of benzene rings is 1. The first-order valence-electron chi connectivity index (χ1n) is 4.33. The highest BCUT2D eigenvalue weighted by Gasteiger charge is 2.27. The molecule has 0 unspecified atom stereocenters. The summed E-state index contributed by atoms with van der Waals surface area (Å²) < 4.78 is 65.6. The quantitative estimate of drug-likeness (QED) is 0.430. The molecule has 0 aliphatic heterocycles. The van der Waals surface area contributed by atoms with Crippen LogP contribution in [0.5, 0.6) is 0 Å². The highest BCUT2D eigenvalue weighted by molar-refractivity contribution is 5.37. The van der Waals surface area contributed by atoms with Gasteiger partial charge in [-0.05, 0) is 13.0 Å². The van der Waals surface area contributed by atoms with Crippen LogP contribution in [0.3, 0.4) is 0 Å². The zero-order chi connectivity index (χ0) is 12.7. The lowest BCUT2D eigenvalue weighted by Crippen LogP contribution is -2.10. The van der Waals surface area contributed by atoms with Gasteiger partial charge in [-0.3, -0.25) is 0 Å². The van der Waals surface area contributed by atoms with Crippen molar-refractivity contribution >= 4 is 0 Å². The predicted molar refractivity (Wildman–Crippen MR) is 47.8 cm³/mol. The monoisotopic (exact) mass is 247 g/mol. The molecule has 0 saturated carbocycles. The fourth-order valence-electron chi connectivity index (χ4n) is 1.28. The largest absolute Gasteiger partial charge is 0.234 e. The van der Waals surface area contributed by atoms with Gasteiger partial charge in [0.2, 0.25) is 5.82 Å². The summed E-state index contributed by atoms with van der Waals surface area (Å²) in [6.45, 7) is 3.35. The number of halogens is 5. The van der Waals surface area contributed by atoms with Gasteiger partial charge in [0.1, 0.15) is 5.69 Å². The number of aromatic nitrogens is 2. The summed E-state index contributed by atoms with van der Waals surface area (Å²) in [7, 11) is 0. The molecule has 1 aromatic heterocycles. The normalized spacial score (nSPS) is 10.9. The molecule has 2 aromatic rings. The van der Waals surface area contributed by atoms with Crippen molar-refractivity contribution in [3.63, 3.8) is 0 Å². The summed E-state index contributed by atoms with van der Waals surface area (Å²) in [5.74, 6) is -10.1. The Hall–Kier alpha value is -1.92. The maximum Gasteiger partial charge on any atom is 0.200 e. The molecule has 1 heterocycles. The lowest BCUT2D eigenvalue weighted by molar-refractivity contribution is 0.374. The lowest BCUT2D eigenvalue weighted by atomic mass is 10.2. The molecule has 0 aliphatic carbocycles. The summed E-state index contributed by atoms with van der Waals surface area (Å²) in [4.78, 5) is 0. The van der Waals surface area contributed by atoms with Crippen LogP contribution in [0.2, 0.25) is 0 Å². The lowest BCUT2D eigenvalue weighted by Gasteiger charge is -2.07. The maximum absolute atomic E-state index is 13.3. The maximum atomic E-state index is 13.3. The first-order chi connectivity index (χ1) is 7.93. The molecule has 0 atom stereocenters. The van der Waals surface area contributed by atoms with Crippen molar-refractivity contribution in [2.75, 3.05) is 0 Å². The average molecular weight is 247 g/mol. The van der Waals surface area contributed by atoms with Crippen molar-refractivity contribution in [1.29, 1.82) is 0 Å². The van der Waals surface area contributed by atoms with Crippen molar-refractivity contribution < 1.29 is 22.0 Å². The molecule has 0 aliphatic rings. The highest BCUT2D eigenvalue weighted by Crippen LogP contribution is 2.25. The molecule has 1 aromatic carbocycles. The van der Waals surface area contributed by atoms with Crippen molar-refractivity contribution in [3.05, 3.63) is 54.0 Å². The molecule has 0 saturated heterocycles. The van der Waals surface area contributed by atoms with Crippen molar-refractivity contribution in [1.82, 2.24) is 9.78 Å². The van der Waals surface area contributed by atoms with Gasteiger partial charge >= 0.3 is 0 Å². The van der Waals surface area contributed by atoms with Gasteiger partial charge in [-0.15, -0.1) is 0 Å². The number of hydrogen-bond donors (Lipinski definition) is 0. The van der Waals surface area contributed by atoms with E-state index >= 15 is 0 Å². The second-order valence-electron chi connectivity index (χ2n) is 3.17. The average Bonchev–Trinajstić information content (AvgIpc) is 2.71. The summed E-state index contributed by atoms with van der Waals surface area (Å²) >= 11 is 0. The van der Waals surface area contributed by atoms with Gasteiger partial charge < -0.3 is 0 Å². The van der Waals surface area contributed by atoms with Crippen molar-refractivity contribution in [2.24, 2.45) is 0 Å². The molecule has 1 radical (unpaired) electrons. The van der Waals surface area contributed by atoms with Crippen LogP contribution in [0.15, 0.2) is 12.3 Å². The SMILES string of the molecule is [CH2]c1ccn(-c2c(F)c(F)c(F)c(F)c2F)n1. The minimum Gasteiger partial charge on any atom is -0.234 e. The Morgan fingerprint density at radius 3 is 1.76 bits per heavy atom. The highest BCUT2D eigenvalue weighted by atomic mass is 19.2. The van der Waals surface area contributed by atoms with Crippen LogP contribution in [-0.2, 0) is 0 Å². The van der Waals surface area contributed by atoms with E-state index in [1.807, 2.05) is 0 Å². The fourth-order valence-corrected chi connectivity index (χ4v) is 1.28. The first-order valence-corrected chi connectivity index (χ1v) is 4.33. The van der Waals surface area contributed by atoms with Gasteiger partial charge in [-0.25, -0.2) is 26.6 Å². The summed E-state index contributed by atoms with van der Waals surface area (Å²) in [5.41, 5.74) is -0.995. The first kappa shape index (κ1) is 11.6. The number of hydrogen-bond acceptors (Lipinski definition) is 1. The zero-order valence-corrected chi connectivity index (χ0v) is 8.15. The molecular weight excluding hydrogens is 243 g/mol. The van der Waals surface area contributed by atoms with E-state index in [4.69, 9.17) is 0 Å². The Bertz CT molecular complexity index is 562. The standard InChI is InChI=1S/C10H4F5N2/c1-4-2-3-17(16-4)10-8(14)6(12)5(11)7(13)9(10)15/h2-3H,1H2. The Balaban J connectivity index is 2.78. The topological polar surface area (TPSA) is 17.8 Å². The third kappa shape index (κ3) is 1.67. The van der Waals surface area contributed by atoms with Crippen LogP contribution >= 0.6 is 0 Å². The van der Waals surface area contributed by atoms with Crippen LogP contribution in [-0.4, -0.2) is 9.78 Å². The Morgan fingerprint density at radius 2 is 1.35 bits per heavy atom. The summed E-state index contributed by atoms with van der Waals surface area (Å²) in [6, 6.07) is 1.26.